The quantitative estimate of drug-likeness (QED) is 0.211. The molecule has 3 rings (SSSR count). The van der Waals surface area contributed by atoms with Gasteiger partial charge in [0.1, 0.15) is 19.0 Å². The number of nitrogen functional groups attached to an aromatic ring is 1. The zero-order valence-electron chi connectivity index (χ0n) is 19.1. The van der Waals surface area contributed by atoms with Crippen molar-refractivity contribution >= 4 is 5.84 Å². The van der Waals surface area contributed by atoms with Gasteiger partial charge in [-0.25, -0.2) is 0 Å². The van der Waals surface area contributed by atoms with E-state index in [0.29, 0.717) is 41.8 Å². The minimum absolute atomic E-state index is 0.0275. The number of benzene rings is 3. The smallest absolute Gasteiger partial charge is 0.161 e. The van der Waals surface area contributed by atoms with Crippen LogP contribution in [-0.4, -0.2) is 20.1 Å². The number of hydrogen-bond donors (Lipinski definition) is 4. The molecule has 0 atom stereocenters. The van der Waals surface area contributed by atoms with E-state index in [2.05, 4.69) is 12.1 Å². The van der Waals surface area contributed by atoms with Crippen molar-refractivity contribution in [1.29, 1.82) is 5.41 Å². The van der Waals surface area contributed by atoms with Gasteiger partial charge in [0, 0.05) is 5.56 Å². The van der Waals surface area contributed by atoms with E-state index < -0.39 is 6.17 Å². The number of nitrogens with one attached hydrogen (secondary N) is 1. The van der Waals surface area contributed by atoms with Crippen LogP contribution in [0.2, 0.25) is 0 Å². The van der Waals surface area contributed by atoms with Gasteiger partial charge in [0.25, 0.3) is 0 Å². The third-order valence-electron chi connectivity index (χ3n) is 5.03. The summed E-state index contributed by atoms with van der Waals surface area (Å²) < 4.78 is 22.8. The highest BCUT2D eigenvalue weighted by Gasteiger charge is 2.11. The van der Waals surface area contributed by atoms with E-state index in [4.69, 9.17) is 41.6 Å². The average molecular weight is 451 g/mol. The number of hydrogen-bond acceptors (Lipinski definition) is 7. The van der Waals surface area contributed by atoms with Crippen molar-refractivity contribution < 1.29 is 18.9 Å². The highest BCUT2D eigenvalue weighted by atomic mass is 16.5. The normalized spacial score (nSPS) is 10.7. The van der Waals surface area contributed by atoms with Crippen LogP contribution in [0.5, 0.6) is 23.0 Å². The molecule has 0 aliphatic rings. The van der Waals surface area contributed by atoms with Gasteiger partial charge in [-0.3, -0.25) is 5.41 Å². The first kappa shape index (κ1) is 23.9. The fourth-order valence-electron chi connectivity index (χ4n) is 3.40. The molecule has 7 N–H and O–H groups in total. The Labute approximate surface area is 193 Å². The molecule has 0 saturated heterocycles. The lowest BCUT2D eigenvalue weighted by Crippen LogP contribution is -2.19. The van der Waals surface area contributed by atoms with Crippen molar-refractivity contribution in [2.24, 2.45) is 17.2 Å². The number of aryl methyl sites for hydroxylation is 1. The van der Waals surface area contributed by atoms with Crippen LogP contribution in [0.15, 0.2) is 54.6 Å². The lowest BCUT2D eigenvalue weighted by molar-refractivity contribution is 0.279. The number of methoxy groups -OCH3 is 2. The van der Waals surface area contributed by atoms with Gasteiger partial charge in [0.05, 0.1) is 20.4 Å². The Morgan fingerprint density at radius 2 is 1.33 bits per heavy atom. The van der Waals surface area contributed by atoms with Gasteiger partial charge < -0.3 is 36.1 Å². The van der Waals surface area contributed by atoms with Crippen molar-refractivity contribution in [2.45, 2.75) is 26.3 Å². The van der Waals surface area contributed by atoms with Crippen LogP contribution in [0.3, 0.4) is 0 Å². The molecule has 174 valence electrons. The topological polar surface area (TPSA) is 139 Å². The van der Waals surface area contributed by atoms with Crippen LogP contribution >= 0.6 is 0 Å². The molecule has 0 aliphatic carbocycles. The fraction of sp³-hybridized carbons (Fsp3) is 0.240. The summed E-state index contributed by atoms with van der Waals surface area (Å²) in [5.74, 6) is 2.25. The first-order chi connectivity index (χ1) is 15.8. The zero-order valence-corrected chi connectivity index (χ0v) is 19.1. The molecular weight excluding hydrogens is 420 g/mol. The summed E-state index contributed by atoms with van der Waals surface area (Å²) in [6.45, 7) is 2.72. The maximum Gasteiger partial charge on any atom is 0.161 e. The zero-order chi connectivity index (χ0) is 24.0. The summed E-state index contributed by atoms with van der Waals surface area (Å²) in [6.07, 6.45) is -0.579. The number of ether oxygens (including phenoxy) is 4. The molecule has 33 heavy (non-hydrogen) atoms. The van der Waals surface area contributed by atoms with Gasteiger partial charge in [0.2, 0.25) is 0 Å². The van der Waals surface area contributed by atoms with Crippen molar-refractivity contribution in [3.8, 4) is 23.0 Å². The van der Waals surface area contributed by atoms with Gasteiger partial charge >= 0.3 is 0 Å². The Kier molecular flexibility index (Phi) is 7.76. The predicted molar refractivity (Wildman–Crippen MR) is 128 cm³/mol. The summed E-state index contributed by atoms with van der Waals surface area (Å²) in [5, 5.41) is 7.57. The standard InChI is InChI=1S/C25H30N4O4/c1-15-8-16(13-32-20-6-4-18(24(26)27)11-22(20)30-2)10-17(9-15)14-33-21-7-5-19(25(28)29)12-23(21)31-3/h4-12,24H,13-14,26-27H2,1-3H3,(H3,28,29). The second-order valence-corrected chi connectivity index (χ2v) is 7.62. The Bertz CT molecular complexity index is 1130. The molecule has 0 aromatic heterocycles. The highest BCUT2D eigenvalue weighted by molar-refractivity contribution is 5.95. The Hall–Kier alpha value is -3.75. The molecule has 0 unspecified atom stereocenters. The molecule has 0 amide bonds. The van der Waals surface area contributed by atoms with Crippen molar-refractivity contribution in [3.63, 3.8) is 0 Å². The van der Waals surface area contributed by atoms with Gasteiger partial charge in [-0.1, -0.05) is 23.8 Å². The van der Waals surface area contributed by atoms with Crippen LogP contribution in [0.1, 0.15) is 34.0 Å². The van der Waals surface area contributed by atoms with Gasteiger partial charge in [-0.2, -0.15) is 0 Å². The predicted octanol–water partition coefficient (Wildman–Crippen LogP) is 3.37. The minimum atomic E-state index is -0.579. The largest absolute Gasteiger partial charge is 0.493 e. The first-order valence-corrected chi connectivity index (χ1v) is 10.4. The van der Waals surface area contributed by atoms with Gasteiger partial charge in [-0.15, -0.1) is 0 Å². The van der Waals surface area contributed by atoms with Gasteiger partial charge in [0.15, 0.2) is 23.0 Å². The van der Waals surface area contributed by atoms with Crippen molar-refractivity contribution in [3.05, 3.63) is 82.4 Å². The molecule has 0 spiro atoms. The monoisotopic (exact) mass is 450 g/mol. The summed E-state index contributed by atoms with van der Waals surface area (Å²) in [5.41, 5.74) is 21.4. The third kappa shape index (κ3) is 6.15. The third-order valence-corrected chi connectivity index (χ3v) is 5.03. The maximum atomic E-state index is 7.57. The van der Waals surface area contributed by atoms with E-state index in [1.54, 1.807) is 44.6 Å². The molecule has 0 radical (unpaired) electrons. The van der Waals surface area contributed by atoms with E-state index in [9.17, 15) is 0 Å². The van der Waals surface area contributed by atoms with Crippen molar-refractivity contribution in [1.82, 2.24) is 0 Å². The highest BCUT2D eigenvalue weighted by Crippen LogP contribution is 2.31. The first-order valence-electron chi connectivity index (χ1n) is 10.4. The molecule has 3 aromatic rings. The second kappa shape index (κ2) is 10.7. The molecule has 0 fully saturated rings. The van der Waals surface area contributed by atoms with E-state index in [-0.39, 0.29) is 5.84 Å². The molecule has 8 heteroatoms. The summed E-state index contributed by atoms with van der Waals surface area (Å²) >= 11 is 0. The fourth-order valence-corrected chi connectivity index (χ4v) is 3.40. The Balaban J connectivity index is 1.71. The van der Waals surface area contributed by atoms with Crippen LogP contribution in [0, 0.1) is 12.3 Å². The van der Waals surface area contributed by atoms with E-state index in [1.165, 1.54) is 0 Å². The minimum Gasteiger partial charge on any atom is -0.493 e. The molecule has 0 heterocycles. The molecule has 3 aromatic carbocycles. The molecule has 0 saturated carbocycles. The number of amidine groups is 1. The van der Waals surface area contributed by atoms with E-state index in [1.807, 2.05) is 19.1 Å². The Morgan fingerprint density at radius 1 is 0.788 bits per heavy atom. The van der Waals surface area contributed by atoms with Crippen LogP contribution < -0.4 is 36.1 Å². The van der Waals surface area contributed by atoms with Crippen LogP contribution in [-0.2, 0) is 13.2 Å². The summed E-state index contributed by atoms with van der Waals surface area (Å²) in [4.78, 5) is 0. The second-order valence-electron chi connectivity index (χ2n) is 7.62. The van der Waals surface area contributed by atoms with E-state index in [0.717, 1.165) is 22.3 Å². The average Bonchev–Trinajstić information content (AvgIpc) is 2.80. The van der Waals surface area contributed by atoms with Crippen LogP contribution in [0.25, 0.3) is 0 Å². The molecule has 0 bridgehead atoms. The summed E-state index contributed by atoms with van der Waals surface area (Å²) in [6, 6.07) is 16.7. The number of rotatable bonds is 10. The Morgan fingerprint density at radius 3 is 1.85 bits per heavy atom. The molecule has 8 nitrogen and oxygen atoms in total. The lowest BCUT2D eigenvalue weighted by Gasteiger charge is -2.15. The molecular formula is C25H30N4O4. The lowest BCUT2D eigenvalue weighted by atomic mass is 10.1. The molecule has 0 aliphatic heterocycles. The van der Waals surface area contributed by atoms with E-state index >= 15 is 0 Å². The van der Waals surface area contributed by atoms with Gasteiger partial charge in [-0.05, 0) is 60.0 Å². The number of nitrogens with two attached hydrogens (primary N) is 3. The van der Waals surface area contributed by atoms with Crippen molar-refractivity contribution in [2.75, 3.05) is 14.2 Å². The maximum absolute atomic E-state index is 7.57. The van der Waals surface area contributed by atoms with Crippen LogP contribution in [0.4, 0.5) is 0 Å². The summed E-state index contributed by atoms with van der Waals surface area (Å²) in [7, 11) is 3.13. The SMILES string of the molecule is COc1cc(C(=N)N)ccc1OCc1cc(C)cc(COc2ccc(C(N)N)cc2OC)c1.